The van der Waals surface area contributed by atoms with Crippen molar-refractivity contribution in [1.82, 2.24) is 4.98 Å². The van der Waals surface area contributed by atoms with Crippen molar-refractivity contribution in [2.45, 2.75) is 19.9 Å². The van der Waals surface area contributed by atoms with E-state index >= 15 is 0 Å². The highest BCUT2D eigenvalue weighted by Gasteiger charge is 2.04. The standard InChI is InChI=1S/C12H14ClN3O/c1-2-9-6-16-12(17-9)7-15-11-4-3-8(13)5-10(11)14/h3-6,15H,2,7,14H2,1H3. The van der Waals surface area contributed by atoms with Gasteiger partial charge in [0.2, 0.25) is 5.89 Å². The molecule has 0 aliphatic rings. The first-order chi connectivity index (χ1) is 8.19. The molecule has 4 nitrogen and oxygen atoms in total. The number of anilines is 2. The lowest BCUT2D eigenvalue weighted by Gasteiger charge is -2.07. The van der Waals surface area contributed by atoms with Gasteiger partial charge in [-0.05, 0) is 18.2 Å². The summed E-state index contributed by atoms with van der Waals surface area (Å²) in [6.45, 7) is 2.53. The van der Waals surface area contributed by atoms with E-state index in [1.165, 1.54) is 0 Å². The Kier molecular flexibility index (Phi) is 3.54. The van der Waals surface area contributed by atoms with Crippen molar-refractivity contribution >= 4 is 23.0 Å². The van der Waals surface area contributed by atoms with E-state index in [9.17, 15) is 0 Å². The minimum Gasteiger partial charge on any atom is -0.444 e. The predicted octanol–water partition coefficient (Wildman–Crippen LogP) is 3.08. The molecule has 1 aromatic heterocycles. The van der Waals surface area contributed by atoms with Gasteiger partial charge in [0.1, 0.15) is 5.76 Å². The molecule has 0 unspecified atom stereocenters. The number of oxazole rings is 1. The molecule has 0 aliphatic carbocycles. The number of aryl methyl sites for hydroxylation is 1. The summed E-state index contributed by atoms with van der Waals surface area (Å²) < 4.78 is 5.48. The quantitative estimate of drug-likeness (QED) is 0.820. The summed E-state index contributed by atoms with van der Waals surface area (Å²) in [4.78, 5) is 4.15. The van der Waals surface area contributed by atoms with Crippen LogP contribution in [0, 0.1) is 0 Å². The van der Waals surface area contributed by atoms with Gasteiger partial charge >= 0.3 is 0 Å². The smallest absolute Gasteiger partial charge is 0.213 e. The number of nitrogens with one attached hydrogen (secondary N) is 1. The molecule has 3 N–H and O–H groups in total. The number of nitrogen functional groups attached to an aromatic ring is 1. The van der Waals surface area contributed by atoms with Crippen LogP contribution in [0.25, 0.3) is 0 Å². The van der Waals surface area contributed by atoms with Gasteiger partial charge in [0.15, 0.2) is 0 Å². The van der Waals surface area contributed by atoms with Gasteiger partial charge in [0, 0.05) is 11.4 Å². The van der Waals surface area contributed by atoms with E-state index in [0.29, 0.717) is 23.1 Å². The molecule has 17 heavy (non-hydrogen) atoms. The molecule has 0 spiro atoms. The van der Waals surface area contributed by atoms with Gasteiger partial charge in [-0.15, -0.1) is 0 Å². The van der Waals surface area contributed by atoms with E-state index < -0.39 is 0 Å². The van der Waals surface area contributed by atoms with Crippen LogP contribution in [0.5, 0.6) is 0 Å². The molecular formula is C12H14ClN3O. The average Bonchev–Trinajstić information content (AvgIpc) is 2.76. The van der Waals surface area contributed by atoms with Crippen LogP contribution in [-0.4, -0.2) is 4.98 Å². The van der Waals surface area contributed by atoms with Crippen LogP contribution < -0.4 is 11.1 Å². The molecule has 90 valence electrons. The first-order valence-corrected chi connectivity index (χ1v) is 5.79. The van der Waals surface area contributed by atoms with E-state index in [1.807, 2.05) is 13.0 Å². The Labute approximate surface area is 105 Å². The SMILES string of the molecule is CCc1cnc(CNc2ccc(Cl)cc2N)o1. The summed E-state index contributed by atoms with van der Waals surface area (Å²) in [5.41, 5.74) is 7.25. The van der Waals surface area contributed by atoms with Crippen molar-refractivity contribution in [3.63, 3.8) is 0 Å². The second kappa shape index (κ2) is 5.10. The van der Waals surface area contributed by atoms with Gasteiger partial charge in [-0.25, -0.2) is 4.98 Å². The third kappa shape index (κ3) is 2.91. The Balaban J connectivity index is 2.02. The van der Waals surface area contributed by atoms with E-state index in [2.05, 4.69) is 10.3 Å². The van der Waals surface area contributed by atoms with E-state index in [1.54, 1.807) is 18.3 Å². The minimum absolute atomic E-state index is 0.506. The first-order valence-electron chi connectivity index (χ1n) is 5.41. The zero-order valence-electron chi connectivity index (χ0n) is 9.53. The molecule has 1 heterocycles. The Hall–Kier alpha value is -1.68. The van der Waals surface area contributed by atoms with Gasteiger partial charge in [-0.3, -0.25) is 0 Å². The zero-order chi connectivity index (χ0) is 12.3. The van der Waals surface area contributed by atoms with E-state index in [-0.39, 0.29) is 0 Å². The second-order valence-electron chi connectivity index (χ2n) is 3.66. The fraction of sp³-hybridized carbons (Fsp3) is 0.250. The number of rotatable bonds is 4. The Bertz CT molecular complexity index is 510. The van der Waals surface area contributed by atoms with Crippen molar-refractivity contribution in [1.29, 1.82) is 0 Å². The highest BCUT2D eigenvalue weighted by molar-refractivity contribution is 6.31. The molecule has 0 aliphatic heterocycles. The van der Waals surface area contributed by atoms with Crippen molar-refractivity contribution in [2.75, 3.05) is 11.1 Å². The molecule has 0 atom stereocenters. The van der Waals surface area contributed by atoms with Crippen LogP contribution in [0.3, 0.4) is 0 Å². The molecule has 0 saturated heterocycles. The maximum Gasteiger partial charge on any atom is 0.213 e. The molecule has 0 radical (unpaired) electrons. The maximum absolute atomic E-state index is 5.82. The van der Waals surface area contributed by atoms with E-state index in [4.69, 9.17) is 21.8 Å². The summed E-state index contributed by atoms with van der Waals surface area (Å²) in [7, 11) is 0. The molecule has 0 bridgehead atoms. The van der Waals surface area contributed by atoms with Crippen LogP contribution in [0.4, 0.5) is 11.4 Å². The van der Waals surface area contributed by atoms with Gasteiger partial charge < -0.3 is 15.5 Å². The van der Waals surface area contributed by atoms with Gasteiger partial charge in [0.25, 0.3) is 0 Å². The summed E-state index contributed by atoms with van der Waals surface area (Å²) in [5, 5.41) is 3.78. The molecule has 2 aromatic rings. The van der Waals surface area contributed by atoms with Crippen LogP contribution in [0.1, 0.15) is 18.6 Å². The van der Waals surface area contributed by atoms with Crippen LogP contribution >= 0.6 is 11.6 Å². The number of benzene rings is 1. The Morgan fingerprint density at radius 2 is 2.29 bits per heavy atom. The lowest BCUT2D eigenvalue weighted by molar-refractivity contribution is 0.466. The molecule has 0 amide bonds. The predicted molar refractivity (Wildman–Crippen MR) is 69.1 cm³/mol. The number of nitrogens with two attached hydrogens (primary N) is 1. The van der Waals surface area contributed by atoms with Crippen molar-refractivity contribution in [3.05, 3.63) is 41.1 Å². The molecule has 5 heteroatoms. The largest absolute Gasteiger partial charge is 0.444 e. The van der Waals surface area contributed by atoms with Gasteiger partial charge in [0.05, 0.1) is 24.1 Å². The summed E-state index contributed by atoms with van der Waals surface area (Å²) in [6.07, 6.45) is 2.58. The summed E-state index contributed by atoms with van der Waals surface area (Å²) >= 11 is 5.82. The Morgan fingerprint density at radius 1 is 1.47 bits per heavy atom. The number of hydrogen-bond donors (Lipinski definition) is 2. The van der Waals surface area contributed by atoms with Crippen molar-refractivity contribution < 1.29 is 4.42 Å². The molecular weight excluding hydrogens is 238 g/mol. The lowest BCUT2D eigenvalue weighted by atomic mass is 10.2. The third-order valence-corrected chi connectivity index (χ3v) is 2.63. The fourth-order valence-electron chi connectivity index (χ4n) is 1.46. The normalized spacial score (nSPS) is 10.5. The molecule has 1 aromatic carbocycles. The number of aromatic nitrogens is 1. The molecule has 0 saturated carbocycles. The van der Waals surface area contributed by atoms with Gasteiger partial charge in [-0.1, -0.05) is 18.5 Å². The van der Waals surface area contributed by atoms with Crippen molar-refractivity contribution in [2.24, 2.45) is 0 Å². The lowest BCUT2D eigenvalue weighted by Crippen LogP contribution is -2.02. The summed E-state index contributed by atoms with van der Waals surface area (Å²) in [5.74, 6) is 1.53. The number of halogens is 1. The zero-order valence-corrected chi connectivity index (χ0v) is 10.3. The van der Waals surface area contributed by atoms with Crippen molar-refractivity contribution in [3.8, 4) is 0 Å². The van der Waals surface area contributed by atoms with Crippen LogP contribution in [0.2, 0.25) is 5.02 Å². The van der Waals surface area contributed by atoms with Crippen LogP contribution in [-0.2, 0) is 13.0 Å². The molecule has 0 fully saturated rings. The minimum atomic E-state index is 0.506. The third-order valence-electron chi connectivity index (χ3n) is 2.39. The highest BCUT2D eigenvalue weighted by atomic mass is 35.5. The number of nitrogens with zero attached hydrogens (tertiary/aromatic N) is 1. The summed E-state index contributed by atoms with van der Waals surface area (Å²) in [6, 6.07) is 5.32. The topological polar surface area (TPSA) is 64.1 Å². The molecule has 2 rings (SSSR count). The van der Waals surface area contributed by atoms with E-state index in [0.717, 1.165) is 17.9 Å². The number of hydrogen-bond acceptors (Lipinski definition) is 4. The second-order valence-corrected chi connectivity index (χ2v) is 4.10. The van der Waals surface area contributed by atoms with Gasteiger partial charge in [-0.2, -0.15) is 0 Å². The average molecular weight is 252 g/mol. The monoisotopic (exact) mass is 251 g/mol. The highest BCUT2D eigenvalue weighted by Crippen LogP contribution is 2.23. The maximum atomic E-state index is 5.82. The Morgan fingerprint density at radius 3 is 2.94 bits per heavy atom. The fourth-order valence-corrected chi connectivity index (χ4v) is 1.64. The first kappa shape index (κ1) is 11.8. The van der Waals surface area contributed by atoms with Crippen LogP contribution in [0.15, 0.2) is 28.8 Å².